The number of halogens is 3. The van der Waals surface area contributed by atoms with E-state index in [-0.39, 0.29) is 21.8 Å². The minimum absolute atomic E-state index is 0.0415. The Labute approximate surface area is 144 Å². The van der Waals surface area contributed by atoms with Gasteiger partial charge >= 0.3 is 0 Å². The van der Waals surface area contributed by atoms with Crippen molar-refractivity contribution in [1.29, 1.82) is 0 Å². The van der Waals surface area contributed by atoms with Crippen molar-refractivity contribution < 1.29 is 13.5 Å². The summed E-state index contributed by atoms with van der Waals surface area (Å²) in [6.45, 7) is 4.28. The standard InChI is InChI=1S/C17H18ClF2NOS/c1-10(2)23-17-9-16(11(5-6-21)7-14(17)20)22-15-4-3-12(18)8-13(15)19/h3-4,7-10H,5-6,21H2,1-2H3. The number of hydrogen-bond acceptors (Lipinski definition) is 3. The first-order valence-corrected chi connectivity index (χ1v) is 8.48. The minimum atomic E-state index is -0.571. The molecule has 0 saturated carbocycles. The SMILES string of the molecule is CC(C)Sc1cc(Oc2ccc(Cl)cc2F)c(CCN)cc1F. The second-order valence-corrected chi connectivity index (χ2v) is 7.33. The van der Waals surface area contributed by atoms with Crippen LogP contribution in [0, 0.1) is 11.6 Å². The van der Waals surface area contributed by atoms with E-state index in [9.17, 15) is 8.78 Å². The summed E-state index contributed by atoms with van der Waals surface area (Å²) in [5.74, 6) is -0.448. The maximum absolute atomic E-state index is 14.2. The maximum atomic E-state index is 14.2. The van der Waals surface area contributed by atoms with Gasteiger partial charge in [-0.2, -0.15) is 0 Å². The Morgan fingerprint density at radius 3 is 2.48 bits per heavy atom. The van der Waals surface area contributed by atoms with Gasteiger partial charge in [0.25, 0.3) is 0 Å². The van der Waals surface area contributed by atoms with Crippen LogP contribution < -0.4 is 10.5 Å². The average Bonchev–Trinajstić information content (AvgIpc) is 2.46. The smallest absolute Gasteiger partial charge is 0.167 e. The van der Waals surface area contributed by atoms with Crippen LogP contribution in [0.4, 0.5) is 8.78 Å². The number of benzene rings is 2. The summed E-state index contributed by atoms with van der Waals surface area (Å²) in [5, 5.41) is 0.497. The first-order valence-electron chi connectivity index (χ1n) is 7.22. The second-order valence-electron chi connectivity index (χ2n) is 5.27. The number of ether oxygens (including phenoxy) is 1. The molecule has 0 bridgehead atoms. The van der Waals surface area contributed by atoms with Gasteiger partial charge in [-0.25, -0.2) is 8.78 Å². The van der Waals surface area contributed by atoms with E-state index < -0.39 is 5.82 Å². The van der Waals surface area contributed by atoms with Crippen molar-refractivity contribution in [3.8, 4) is 11.5 Å². The molecule has 0 aliphatic rings. The van der Waals surface area contributed by atoms with Gasteiger partial charge in [-0.15, -0.1) is 11.8 Å². The van der Waals surface area contributed by atoms with Crippen molar-refractivity contribution in [3.05, 3.63) is 52.6 Å². The van der Waals surface area contributed by atoms with Crippen LogP contribution in [0.2, 0.25) is 5.02 Å². The van der Waals surface area contributed by atoms with E-state index >= 15 is 0 Å². The molecule has 0 amide bonds. The van der Waals surface area contributed by atoms with Gasteiger partial charge in [0.15, 0.2) is 11.6 Å². The highest BCUT2D eigenvalue weighted by molar-refractivity contribution is 7.99. The Morgan fingerprint density at radius 2 is 1.87 bits per heavy atom. The first-order chi connectivity index (χ1) is 10.9. The zero-order valence-electron chi connectivity index (χ0n) is 12.9. The number of rotatable bonds is 6. The normalized spacial score (nSPS) is 11.1. The molecule has 0 aromatic heterocycles. The van der Waals surface area contributed by atoms with E-state index in [1.165, 1.54) is 36.0 Å². The van der Waals surface area contributed by atoms with Gasteiger partial charge in [0.1, 0.15) is 11.6 Å². The van der Waals surface area contributed by atoms with E-state index in [1.54, 1.807) is 6.07 Å². The van der Waals surface area contributed by atoms with E-state index in [0.717, 1.165) is 0 Å². The highest BCUT2D eigenvalue weighted by atomic mass is 35.5. The van der Waals surface area contributed by atoms with Crippen molar-refractivity contribution in [2.75, 3.05) is 6.54 Å². The van der Waals surface area contributed by atoms with Crippen LogP contribution in [0.25, 0.3) is 0 Å². The fourth-order valence-corrected chi connectivity index (χ4v) is 3.06. The van der Waals surface area contributed by atoms with E-state index in [4.69, 9.17) is 22.1 Å². The molecule has 2 aromatic rings. The summed E-state index contributed by atoms with van der Waals surface area (Å²) in [6.07, 6.45) is 0.439. The van der Waals surface area contributed by atoms with Crippen molar-refractivity contribution in [2.24, 2.45) is 5.73 Å². The third-order valence-corrected chi connectivity index (χ3v) is 4.28. The molecule has 23 heavy (non-hydrogen) atoms. The second kappa shape index (κ2) is 7.99. The molecule has 2 rings (SSSR count). The molecule has 0 aliphatic heterocycles. The summed E-state index contributed by atoms with van der Waals surface area (Å²) >= 11 is 7.12. The minimum Gasteiger partial charge on any atom is -0.454 e. The summed E-state index contributed by atoms with van der Waals surface area (Å²) < 4.78 is 33.8. The van der Waals surface area contributed by atoms with Crippen LogP contribution in [0.5, 0.6) is 11.5 Å². The summed E-state index contributed by atoms with van der Waals surface area (Å²) in [6, 6.07) is 7.16. The van der Waals surface area contributed by atoms with Crippen LogP contribution in [0.1, 0.15) is 19.4 Å². The van der Waals surface area contributed by atoms with Gasteiger partial charge in [-0.1, -0.05) is 25.4 Å². The lowest BCUT2D eigenvalue weighted by Gasteiger charge is -2.15. The molecule has 0 atom stereocenters. The zero-order chi connectivity index (χ0) is 17.0. The highest BCUT2D eigenvalue weighted by Crippen LogP contribution is 2.35. The predicted octanol–water partition coefficient (Wildman–Crippen LogP) is 5.41. The summed E-state index contributed by atoms with van der Waals surface area (Å²) in [4.78, 5) is 0.463. The van der Waals surface area contributed by atoms with Crippen molar-refractivity contribution in [1.82, 2.24) is 0 Å². The molecular formula is C17H18ClF2NOS. The fraction of sp³-hybridized carbons (Fsp3) is 0.294. The van der Waals surface area contributed by atoms with Crippen LogP contribution >= 0.6 is 23.4 Å². The largest absolute Gasteiger partial charge is 0.454 e. The lowest BCUT2D eigenvalue weighted by atomic mass is 10.1. The topological polar surface area (TPSA) is 35.2 Å². The molecule has 6 heteroatoms. The Kier molecular flexibility index (Phi) is 6.27. The Hall–Kier alpha value is -1.30. The van der Waals surface area contributed by atoms with E-state index in [0.29, 0.717) is 29.2 Å². The van der Waals surface area contributed by atoms with Crippen molar-refractivity contribution >= 4 is 23.4 Å². The van der Waals surface area contributed by atoms with Crippen LogP contribution in [-0.2, 0) is 6.42 Å². The molecule has 124 valence electrons. The first kappa shape index (κ1) is 18.0. The Morgan fingerprint density at radius 1 is 1.13 bits per heavy atom. The Balaban J connectivity index is 2.41. The van der Waals surface area contributed by atoms with Gasteiger partial charge in [-0.05, 0) is 48.9 Å². The predicted molar refractivity (Wildman–Crippen MR) is 91.6 cm³/mol. The number of nitrogens with two attached hydrogens (primary N) is 1. The van der Waals surface area contributed by atoms with Crippen molar-refractivity contribution in [3.63, 3.8) is 0 Å². The van der Waals surface area contributed by atoms with Gasteiger partial charge in [-0.3, -0.25) is 0 Å². The number of thioether (sulfide) groups is 1. The summed E-state index contributed by atoms with van der Waals surface area (Å²) in [5.41, 5.74) is 6.17. The maximum Gasteiger partial charge on any atom is 0.167 e. The fourth-order valence-electron chi connectivity index (χ4n) is 2.04. The van der Waals surface area contributed by atoms with E-state index in [2.05, 4.69) is 0 Å². The average molecular weight is 358 g/mol. The van der Waals surface area contributed by atoms with Gasteiger partial charge in [0.05, 0.1) is 0 Å². The monoisotopic (exact) mass is 357 g/mol. The quantitative estimate of drug-likeness (QED) is 0.702. The molecule has 2 nitrogen and oxygen atoms in total. The Bertz CT molecular complexity index is 695. The molecular weight excluding hydrogens is 340 g/mol. The lowest BCUT2D eigenvalue weighted by molar-refractivity contribution is 0.434. The third-order valence-electron chi connectivity index (χ3n) is 3.01. The molecule has 0 spiro atoms. The molecule has 2 aromatic carbocycles. The zero-order valence-corrected chi connectivity index (χ0v) is 14.5. The molecule has 0 radical (unpaired) electrons. The van der Waals surface area contributed by atoms with Gasteiger partial charge in [0, 0.05) is 15.2 Å². The number of hydrogen-bond donors (Lipinski definition) is 1. The highest BCUT2D eigenvalue weighted by Gasteiger charge is 2.15. The molecule has 0 fully saturated rings. The third kappa shape index (κ3) is 4.83. The van der Waals surface area contributed by atoms with Crippen LogP contribution in [0.15, 0.2) is 35.2 Å². The molecule has 0 saturated heterocycles. The molecule has 0 aliphatic carbocycles. The van der Waals surface area contributed by atoms with E-state index in [1.807, 2.05) is 13.8 Å². The van der Waals surface area contributed by atoms with Gasteiger partial charge in [0.2, 0.25) is 0 Å². The van der Waals surface area contributed by atoms with Crippen LogP contribution in [0.3, 0.4) is 0 Å². The molecule has 0 unspecified atom stereocenters. The molecule has 2 N–H and O–H groups in total. The lowest BCUT2D eigenvalue weighted by Crippen LogP contribution is -2.05. The van der Waals surface area contributed by atoms with Gasteiger partial charge < -0.3 is 10.5 Å². The van der Waals surface area contributed by atoms with Crippen LogP contribution in [-0.4, -0.2) is 11.8 Å². The summed E-state index contributed by atoms with van der Waals surface area (Å²) in [7, 11) is 0. The molecule has 0 heterocycles. The van der Waals surface area contributed by atoms with Crippen molar-refractivity contribution in [2.45, 2.75) is 30.4 Å².